The molecule has 3 fully saturated rings. The van der Waals surface area contributed by atoms with Gasteiger partial charge in [-0.1, -0.05) is 12.1 Å². The predicted octanol–water partition coefficient (Wildman–Crippen LogP) is 3.42. The molecule has 6 rings (SSSR count). The summed E-state index contributed by atoms with van der Waals surface area (Å²) in [5.41, 5.74) is 8.74. The summed E-state index contributed by atoms with van der Waals surface area (Å²) in [5, 5.41) is 42.7. The van der Waals surface area contributed by atoms with Crippen molar-refractivity contribution < 1.29 is 14.6 Å². The molecule has 2 unspecified atom stereocenters. The summed E-state index contributed by atoms with van der Waals surface area (Å²) in [6.07, 6.45) is 0.643. The van der Waals surface area contributed by atoms with Gasteiger partial charge in [-0.2, -0.15) is 10.5 Å². The summed E-state index contributed by atoms with van der Waals surface area (Å²) in [4.78, 5) is 41.1. The van der Waals surface area contributed by atoms with Crippen molar-refractivity contribution in [3.8, 4) is 12.1 Å². The third-order valence-corrected chi connectivity index (χ3v) is 9.30. The monoisotopic (exact) mass is 741 g/mol. The SMILES string of the molecule is CN1CCN(C(C#N)c2ccc(N)cc2)CC1.CN1CCN(C(C#N)c2ccc([N+](=O)[O-])cc2)CC1.CN1CCNCC1.O=Cc1ccc([N+](=O)[O-])cc1. The number of hydrogen-bond donors (Lipinski definition) is 2. The Morgan fingerprint density at radius 2 is 0.981 bits per heavy atom. The molecule has 0 saturated carbocycles. The number of nitriles is 2. The van der Waals surface area contributed by atoms with Gasteiger partial charge >= 0.3 is 0 Å². The van der Waals surface area contributed by atoms with Crippen LogP contribution in [0, 0.1) is 42.9 Å². The summed E-state index contributed by atoms with van der Waals surface area (Å²) in [7, 11) is 6.33. The van der Waals surface area contributed by atoms with Gasteiger partial charge in [-0.05, 0) is 68.7 Å². The number of nitro benzene ring substituents is 2. The van der Waals surface area contributed by atoms with E-state index in [1.54, 1.807) is 12.1 Å². The maximum atomic E-state index is 10.6. The molecule has 3 heterocycles. The van der Waals surface area contributed by atoms with Crippen molar-refractivity contribution in [2.75, 3.05) is 105 Å². The van der Waals surface area contributed by atoms with Crippen molar-refractivity contribution >= 4 is 23.3 Å². The number of nitrogens with one attached hydrogen (secondary N) is 1. The molecule has 2 atom stereocenters. The minimum atomic E-state index is -0.505. The number of anilines is 1. The normalized spacial score (nSPS) is 17.9. The number of hydrogen-bond acceptors (Lipinski definition) is 14. The third-order valence-electron chi connectivity index (χ3n) is 9.30. The molecule has 0 spiro atoms. The van der Waals surface area contributed by atoms with Crippen molar-refractivity contribution in [1.29, 1.82) is 10.5 Å². The highest BCUT2D eigenvalue weighted by atomic mass is 16.6. The van der Waals surface area contributed by atoms with Crippen molar-refractivity contribution in [3.05, 3.63) is 110 Å². The summed E-state index contributed by atoms with van der Waals surface area (Å²) < 4.78 is 0. The summed E-state index contributed by atoms with van der Waals surface area (Å²) in [5.74, 6) is 0. The van der Waals surface area contributed by atoms with Gasteiger partial charge in [0.2, 0.25) is 0 Å². The Labute approximate surface area is 317 Å². The van der Waals surface area contributed by atoms with Crippen molar-refractivity contribution in [1.82, 2.24) is 29.8 Å². The van der Waals surface area contributed by atoms with Crippen LogP contribution >= 0.6 is 0 Å². The molecular weight excluding hydrogens is 690 g/mol. The number of non-ortho nitro benzene ring substituents is 2. The average molecular weight is 742 g/mol. The second kappa shape index (κ2) is 22.7. The maximum Gasteiger partial charge on any atom is 0.269 e. The summed E-state index contributed by atoms with van der Waals surface area (Å²) in [6, 6.07) is 23.5. The highest BCUT2D eigenvalue weighted by molar-refractivity contribution is 5.75. The first kappa shape index (κ1) is 43.1. The van der Waals surface area contributed by atoms with Crippen LogP contribution in [-0.2, 0) is 0 Å². The van der Waals surface area contributed by atoms with Crippen molar-refractivity contribution in [2.24, 2.45) is 0 Å². The molecule has 0 bridgehead atoms. The van der Waals surface area contributed by atoms with Crippen molar-refractivity contribution in [2.45, 2.75) is 12.1 Å². The van der Waals surface area contributed by atoms with Crippen LogP contribution in [0.4, 0.5) is 17.1 Å². The van der Waals surface area contributed by atoms with Gasteiger partial charge in [0.05, 0.1) is 22.0 Å². The number of carbonyl (C=O) groups is 1. The topological polar surface area (TPSA) is 205 Å². The molecule has 3 N–H and O–H groups in total. The highest BCUT2D eigenvalue weighted by Gasteiger charge is 2.25. The standard InChI is InChI=1S/C13H16N4O2.C13H18N4.C7H5NO3.C5H12N2/c1-15-6-8-16(9-7-15)13(10-14)11-2-4-12(5-3-11)17(18)19;1-16-6-8-17(9-7-16)13(10-14)11-2-4-12(15)5-3-11;9-5-6-1-3-7(4-2-6)8(10)11;1-7-4-2-6-3-5-7/h2-5,13H,6-9H2,1H3;2-5,13H,6-9,15H2,1H3;1-5H;6H,2-5H2,1H3. The molecule has 16 nitrogen and oxygen atoms in total. The largest absolute Gasteiger partial charge is 0.399 e. The van der Waals surface area contributed by atoms with Gasteiger partial charge in [-0.25, -0.2) is 0 Å². The van der Waals surface area contributed by atoms with Crippen LogP contribution in [0.2, 0.25) is 0 Å². The Hall–Kier alpha value is -5.33. The van der Waals surface area contributed by atoms with Gasteiger partial charge < -0.3 is 25.8 Å². The number of benzene rings is 3. The van der Waals surface area contributed by atoms with Gasteiger partial charge in [0.25, 0.3) is 11.4 Å². The minimum Gasteiger partial charge on any atom is -0.399 e. The molecule has 288 valence electrons. The van der Waals surface area contributed by atoms with Gasteiger partial charge in [-0.15, -0.1) is 0 Å². The van der Waals surface area contributed by atoms with E-state index in [4.69, 9.17) is 5.73 Å². The zero-order chi connectivity index (χ0) is 39.5. The fourth-order valence-electron chi connectivity index (χ4n) is 5.80. The van der Waals surface area contributed by atoms with E-state index in [0.29, 0.717) is 11.8 Å². The lowest BCUT2D eigenvalue weighted by molar-refractivity contribution is -0.385. The Morgan fingerprint density at radius 1 is 0.630 bits per heavy atom. The van der Waals surface area contributed by atoms with Crippen LogP contribution in [0.25, 0.3) is 0 Å². The molecule has 0 amide bonds. The molecule has 3 aromatic rings. The van der Waals surface area contributed by atoms with Gasteiger partial charge in [0, 0.05) is 114 Å². The molecule has 3 saturated heterocycles. The second-order valence-electron chi connectivity index (χ2n) is 13.3. The van der Waals surface area contributed by atoms with E-state index in [1.165, 1.54) is 49.5 Å². The van der Waals surface area contributed by atoms with Crippen LogP contribution in [0.5, 0.6) is 0 Å². The first-order chi connectivity index (χ1) is 25.9. The van der Waals surface area contributed by atoms with E-state index in [-0.39, 0.29) is 23.5 Å². The lowest BCUT2D eigenvalue weighted by atomic mass is 10.1. The van der Waals surface area contributed by atoms with E-state index in [0.717, 1.165) is 82.3 Å². The lowest BCUT2D eigenvalue weighted by Crippen LogP contribution is -2.45. The smallest absolute Gasteiger partial charge is 0.269 e. The number of rotatable bonds is 7. The highest BCUT2D eigenvalue weighted by Crippen LogP contribution is 2.24. The number of likely N-dealkylation sites (N-methyl/N-ethyl adjacent to an activating group) is 3. The third kappa shape index (κ3) is 14.2. The molecule has 0 aliphatic carbocycles. The molecule has 3 aliphatic rings. The number of nitrogens with zero attached hydrogens (tertiary/aromatic N) is 9. The Kier molecular flexibility index (Phi) is 18.1. The van der Waals surface area contributed by atoms with Gasteiger partial charge in [0.1, 0.15) is 18.4 Å². The molecular formula is C38H51N11O5. The van der Waals surface area contributed by atoms with Crippen LogP contribution in [0.1, 0.15) is 33.6 Å². The number of nitrogens with two attached hydrogens (primary N) is 1. The summed E-state index contributed by atoms with van der Waals surface area (Å²) >= 11 is 0. The first-order valence-electron chi connectivity index (χ1n) is 17.8. The zero-order valence-corrected chi connectivity index (χ0v) is 31.3. The van der Waals surface area contributed by atoms with E-state index < -0.39 is 9.85 Å². The fourth-order valence-corrected chi connectivity index (χ4v) is 5.80. The lowest BCUT2D eigenvalue weighted by Gasteiger charge is -2.35. The molecule has 0 aromatic heterocycles. The number of piperazine rings is 3. The molecule has 54 heavy (non-hydrogen) atoms. The van der Waals surface area contributed by atoms with Crippen LogP contribution < -0.4 is 11.1 Å². The van der Waals surface area contributed by atoms with Crippen LogP contribution in [0.3, 0.4) is 0 Å². The number of nitro groups is 2. The Balaban J connectivity index is 0.000000205. The van der Waals surface area contributed by atoms with Gasteiger partial charge in [-0.3, -0.25) is 34.8 Å². The average Bonchev–Trinajstić information content (AvgIpc) is 3.19. The van der Waals surface area contributed by atoms with E-state index in [2.05, 4.69) is 63.1 Å². The molecule has 3 aliphatic heterocycles. The van der Waals surface area contributed by atoms with Crippen LogP contribution in [0.15, 0.2) is 72.8 Å². The quantitative estimate of drug-likeness (QED) is 0.154. The zero-order valence-electron chi connectivity index (χ0n) is 31.3. The minimum absolute atomic E-state index is 0.00407. The summed E-state index contributed by atoms with van der Waals surface area (Å²) in [6.45, 7) is 12.2. The number of nitrogen functional groups attached to an aromatic ring is 1. The van der Waals surface area contributed by atoms with Gasteiger partial charge in [0.15, 0.2) is 0 Å². The molecule has 3 aromatic carbocycles. The Bertz CT molecular complexity index is 1670. The Morgan fingerprint density at radius 3 is 1.30 bits per heavy atom. The van der Waals surface area contributed by atoms with Crippen LogP contribution in [-0.4, -0.2) is 140 Å². The van der Waals surface area contributed by atoms with E-state index >= 15 is 0 Å². The maximum absolute atomic E-state index is 10.6. The second-order valence-corrected chi connectivity index (χ2v) is 13.3. The predicted molar refractivity (Wildman–Crippen MR) is 208 cm³/mol. The molecule has 0 radical (unpaired) electrons. The van der Waals surface area contributed by atoms with Crippen molar-refractivity contribution in [3.63, 3.8) is 0 Å². The molecule has 16 heteroatoms. The number of carbonyl (C=O) groups excluding carboxylic acids is 1. The fraction of sp³-hybridized carbons (Fsp3) is 0.447. The first-order valence-corrected chi connectivity index (χ1v) is 17.8. The van der Waals surface area contributed by atoms with E-state index in [1.807, 2.05) is 24.3 Å². The number of aldehydes is 1. The van der Waals surface area contributed by atoms with E-state index in [9.17, 15) is 35.5 Å².